The quantitative estimate of drug-likeness (QED) is 0.643. The van der Waals surface area contributed by atoms with Crippen molar-refractivity contribution in [3.05, 3.63) is 39.9 Å². The molecule has 0 radical (unpaired) electrons. The molecule has 0 spiro atoms. The number of nitrogens with one attached hydrogen (secondary N) is 1. The van der Waals surface area contributed by atoms with Crippen molar-refractivity contribution in [3.63, 3.8) is 0 Å². The number of nitro benzene ring substituents is 1. The molecular formula is C15H20N2O4. The third-order valence-electron chi connectivity index (χ3n) is 3.98. The van der Waals surface area contributed by atoms with Crippen LogP contribution in [0.5, 0.6) is 0 Å². The van der Waals surface area contributed by atoms with Crippen LogP contribution >= 0.6 is 0 Å². The number of benzene rings is 1. The molecule has 6 nitrogen and oxygen atoms in total. The normalized spacial score (nSPS) is 17.2. The van der Waals surface area contributed by atoms with Gasteiger partial charge in [-0.25, -0.2) is 0 Å². The molecule has 1 unspecified atom stereocenters. The van der Waals surface area contributed by atoms with E-state index >= 15 is 0 Å². The van der Waals surface area contributed by atoms with Crippen molar-refractivity contribution in [3.8, 4) is 0 Å². The summed E-state index contributed by atoms with van der Waals surface area (Å²) in [7, 11) is 0. The molecule has 1 aliphatic carbocycles. The first-order valence-electron chi connectivity index (χ1n) is 7.28. The fourth-order valence-corrected chi connectivity index (χ4v) is 2.75. The average Bonchev–Trinajstić information content (AvgIpc) is 2.53. The number of aliphatic hydroxyl groups excluding tert-OH is 1. The molecular weight excluding hydrogens is 272 g/mol. The molecule has 114 valence electrons. The summed E-state index contributed by atoms with van der Waals surface area (Å²) in [5, 5.41) is 23.4. The summed E-state index contributed by atoms with van der Waals surface area (Å²) in [4.78, 5) is 22.1. The lowest BCUT2D eigenvalue weighted by atomic mass is 9.85. The van der Waals surface area contributed by atoms with E-state index in [2.05, 4.69) is 5.32 Å². The Morgan fingerprint density at radius 3 is 2.76 bits per heavy atom. The smallest absolute Gasteiger partial charge is 0.270 e. The van der Waals surface area contributed by atoms with Gasteiger partial charge in [0.15, 0.2) is 0 Å². The van der Waals surface area contributed by atoms with Gasteiger partial charge in [0.25, 0.3) is 11.6 Å². The van der Waals surface area contributed by atoms with Crippen molar-refractivity contribution in [2.45, 2.75) is 38.2 Å². The van der Waals surface area contributed by atoms with Gasteiger partial charge in [0.2, 0.25) is 0 Å². The van der Waals surface area contributed by atoms with Gasteiger partial charge < -0.3 is 10.4 Å². The Kier molecular flexibility index (Phi) is 5.27. The van der Waals surface area contributed by atoms with Gasteiger partial charge in [-0.05, 0) is 24.8 Å². The van der Waals surface area contributed by atoms with Crippen LogP contribution in [0.4, 0.5) is 5.69 Å². The monoisotopic (exact) mass is 292 g/mol. The van der Waals surface area contributed by atoms with E-state index in [0.29, 0.717) is 0 Å². The minimum atomic E-state index is -0.548. The minimum Gasteiger partial charge on any atom is -0.391 e. The van der Waals surface area contributed by atoms with Crippen LogP contribution in [-0.4, -0.2) is 28.6 Å². The van der Waals surface area contributed by atoms with Crippen LogP contribution in [0.1, 0.15) is 42.5 Å². The second-order valence-corrected chi connectivity index (χ2v) is 5.48. The Labute approximate surface area is 123 Å². The van der Waals surface area contributed by atoms with Crippen molar-refractivity contribution in [2.24, 2.45) is 5.92 Å². The zero-order valence-corrected chi connectivity index (χ0v) is 11.8. The number of rotatable bonds is 5. The molecule has 2 rings (SSSR count). The lowest BCUT2D eigenvalue weighted by molar-refractivity contribution is -0.384. The highest BCUT2D eigenvalue weighted by molar-refractivity contribution is 5.94. The fraction of sp³-hybridized carbons (Fsp3) is 0.533. The van der Waals surface area contributed by atoms with Crippen molar-refractivity contribution in [2.75, 3.05) is 6.54 Å². The van der Waals surface area contributed by atoms with Crippen LogP contribution in [0, 0.1) is 16.0 Å². The topological polar surface area (TPSA) is 92.5 Å². The van der Waals surface area contributed by atoms with Crippen molar-refractivity contribution < 1.29 is 14.8 Å². The lowest BCUT2D eigenvalue weighted by Crippen LogP contribution is -2.37. The third kappa shape index (κ3) is 4.26. The first-order chi connectivity index (χ1) is 10.1. The number of carbonyl (C=O) groups is 1. The van der Waals surface area contributed by atoms with E-state index < -0.39 is 16.9 Å². The van der Waals surface area contributed by atoms with E-state index in [1.54, 1.807) is 0 Å². The molecule has 0 aromatic heterocycles. The highest BCUT2D eigenvalue weighted by Gasteiger charge is 2.22. The number of hydrogen-bond donors (Lipinski definition) is 2. The summed E-state index contributed by atoms with van der Waals surface area (Å²) < 4.78 is 0. The van der Waals surface area contributed by atoms with Gasteiger partial charge in [0, 0.05) is 24.2 Å². The van der Waals surface area contributed by atoms with Gasteiger partial charge in [-0.2, -0.15) is 0 Å². The Hall–Kier alpha value is -1.95. The van der Waals surface area contributed by atoms with Gasteiger partial charge in [0.1, 0.15) is 0 Å². The summed E-state index contributed by atoms with van der Waals surface area (Å²) in [5.74, 6) is -0.155. The maximum absolute atomic E-state index is 12.0. The van der Waals surface area contributed by atoms with Gasteiger partial charge in [-0.1, -0.05) is 25.3 Å². The van der Waals surface area contributed by atoms with Crippen LogP contribution in [0.3, 0.4) is 0 Å². The Balaban J connectivity index is 1.89. The third-order valence-corrected chi connectivity index (χ3v) is 3.98. The Bertz CT molecular complexity index is 512. The summed E-state index contributed by atoms with van der Waals surface area (Å²) in [6.45, 7) is 0.187. The van der Waals surface area contributed by atoms with E-state index in [-0.39, 0.29) is 23.7 Å². The Morgan fingerprint density at radius 2 is 2.10 bits per heavy atom. The van der Waals surface area contributed by atoms with Crippen LogP contribution in [-0.2, 0) is 0 Å². The molecule has 1 aromatic carbocycles. The van der Waals surface area contributed by atoms with Crippen molar-refractivity contribution >= 4 is 11.6 Å². The number of nitrogens with zero attached hydrogens (tertiary/aromatic N) is 1. The molecule has 0 bridgehead atoms. The van der Waals surface area contributed by atoms with Crippen LogP contribution in [0.15, 0.2) is 24.3 Å². The largest absolute Gasteiger partial charge is 0.391 e. The summed E-state index contributed by atoms with van der Waals surface area (Å²) in [6.07, 6.45) is 4.90. The average molecular weight is 292 g/mol. The molecule has 1 saturated carbocycles. The van der Waals surface area contributed by atoms with E-state index in [1.807, 2.05) is 0 Å². The first-order valence-corrected chi connectivity index (χ1v) is 7.28. The summed E-state index contributed by atoms with van der Waals surface area (Å²) >= 11 is 0. The van der Waals surface area contributed by atoms with Gasteiger partial charge in [-0.15, -0.1) is 0 Å². The standard InChI is InChI=1S/C15H20N2O4/c18-14(11-5-2-1-3-6-11)10-16-15(19)12-7-4-8-13(9-12)17(20)21/h4,7-9,11,14,18H,1-3,5-6,10H2,(H,16,19). The van der Waals surface area contributed by atoms with Gasteiger partial charge >= 0.3 is 0 Å². The predicted molar refractivity (Wildman–Crippen MR) is 78.0 cm³/mol. The zero-order chi connectivity index (χ0) is 15.2. The van der Waals surface area contributed by atoms with E-state index in [0.717, 1.165) is 25.7 Å². The SMILES string of the molecule is O=C(NCC(O)C1CCCCC1)c1cccc([N+](=O)[O-])c1. The number of aliphatic hydroxyl groups is 1. The van der Waals surface area contributed by atoms with Gasteiger partial charge in [-0.3, -0.25) is 14.9 Å². The van der Waals surface area contributed by atoms with Crippen molar-refractivity contribution in [1.29, 1.82) is 0 Å². The van der Waals surface area contributed by atoms with Crippen molar-refractivity contribution in [1.82, 2.24) is 5.32 Å². The van der Waals surface area contributed by atoms with E-state index in [9.17, 15) is 20.0 Å². The number of hydrogen-bond acceptors (Lipinski definition) is 4. The summed E-state index contributed by atoms with van der Waals surface area (Å²) in [6, 6.07) is 5.58. The van der Waals surface area contributed by atoms with Crippen LogP contribution < -0.4 is 5.32 Å². The number of carbonyl (C=O) groups excluding carboxylic acids is 1. The van der Waals surface area contributed by atoms with Crippen LogP contribution in [0.25, 0.3) is 0 Å². The second kappa shape index (κ2) is 7.17. The zero-order valence-electron chi connectivity index (χ0n) is 11.8. The molecule has 6 heteroatoms. The molecule has 1 aliphatic rings. The molecule has 1 atom stereocenters. The first kappa shape index (κ1) is 15.4. The molecule has 0 heterocycles. The molecule has 2 N–H and O–H groups in total. The maximum Gasteiger partial charge on any atom is 0.270 e. The minimum absolute atomic E-state index is 0.115. The fourth-order valence-electron chi connectivity index (χ4n) is 2.75. The molecule has 1 aromatic rings. The number of nitro groups is 1. The van der Waals surface area contributed by atoms with E-state index in [1.165, 1.54) is 30.7 Å². The number of non-ortho nitro benzene ring substituents is 1. The highest BCUT2D eigenvalue weighted by Crippen LogP contribution is 2.26. The van der Waals surface area contributed by atoms with Gasteiger partial charge in [0.05, 0.1) is 11.0 Å². The van der Waals surface area contributed by atoms with Crippen LogP contribution in [0.2, 0.25) is 0 Å². The lowest BCUT2D eigenvalue weighted by Gasteiger charge is -2.26. The molecule has 1 amide bonds. The molecule has 0 saturated heterocycles. The predicted octanol–water partition coefficient (Wildman–Crippen LogP) is 2.27. The number of amides is 1. The Morgan fingerprint density at radius 1 is 1.38 bits per heavy atom. The molecule has 1 fully saturated rings. The molecule has 21 heavy (non-hydrogen) atoms. The second-order valence-electron chi connectivity index (χ2n) is 5.48. The van der Waals surface area contributed by atoms with E-state index in [4.69, 9.17) is 0 Å². The summed E-state index contributed by atoms with van der Waals surface area (Å²) in [5.41, 5.74) is 0.121. The maximum atomic E-state index is 12.0. The molecule has 0 aliphatic heterocycles. The highest BCUT2D eigenvalue weighted by atomic mass is 16.6.